The van der Waals surface area contributed by atoms with E-state index in [4.69, 9.17) is 9.05 Å². The molecule has 0 aliphatic rings. The molecule has 0 aliphatic heterocycles. The fourth-order valence-electron chi connectivity index (χ4n) is 5.62. The molecule has 0 amide bonds. The summed E-state index contributed by atoms with van der Waals surface area (Å²) in [6, 6.07) is 0. The summed E-state index contributed by atoms with van der Waals surface area (Å²) in [6.45, 7) is 5.73. The monoisotopic (exact) mass is 644 g/mol. The van der Waals surface area contributed by atoms with Gasteiger partial charge >= 0.3 is 25.0 Å². The molecule has 0 saturated heterocycles. The van der Waals surface area contributed by atoms with Crippen molar-refractivity contribution in [1.82, 2.24) is 0 Å². The largest absolute Gasteiger partial charge is 3.00 e. The van der Waals surface area contributed by atoms with Crippen molar-refractivity contribution in [2.45, 2.75) is 219 Å². The third kappa shape index (κ3) is 40.5. The Morgan fingerprint density at radius 3 is 0.683 bits per heavy atom. The Labute approximate surface area is 270 Å². The van der Waals surface area contributed by atoms with E-state index in [0.29, 0.717) is 13.2 Å². The molecule has 0 saturated carbocycles. The van der Waals surface area contributed by atoms with E-state index < -0.39 is 8.25 Å². The summed E-state index contributed by atoms with van der Waals surface area (Å²) in [7, 11) is -1.92. The van der Waals surface area contributed by atoms with Crippen molar-refractivity contribution < 1.29 is 30.4 Å². The van der Waals surface area contributed by atoms with Crippen molar-refractivity contribution in [3.8, 4) is 0 Å². The standard InChI is InChI=1S/C36H74O3P.Co/c1-3-5-7-9-11-13-15-17-19-21-23-25-27-29-31-33-35-38-40(37)39-36-34-32-30-28-26-24-22-20-18-16-14-12-10-8-6-4-2;/h3-36H2,1-2H3;/q+1;+3. The second-order valence-corrected chi connectivity index (χ2v) is 13.5. The first kappa shape index (κ1) is 43.7. The molecule has 0 unspecified atom stereocenters. The number of unbranched alkanes of at least 4 members (excludes halogenated alkanes) is 30. The second-order valence-electron chi connectivity index (χ2n) is 12.5. The smallest absolute Gasteiger partial charge is 0.119 e. The molecule has 0 bridgehead atoms. The average Bonchev–Trinajstić information content (AvgIpc) is 2.96. The van der Waals surface area contributed by atoms with Crippen LogP contribution in [-0.4, -0.2) is 13.2 Å². The Balaban J connectivity index is 0. The maximum atomic E-state index is 11.9. The van der Waals surface area contributed by atoms with Crippen LogP contribution in [-0.2, 0) is 30.4 Å². The van der Waals surface area contributed by atoms with E-state index in [9.17, 15) is 4.57 Å². The van der Waals surface area contributed by atoms with Gasteiger partial charge in [0.1, 0.15) is 13.2 Å². The summed E-state index contributed by atoms with van der Waals surface area (Å²) >= 11 is 0. The number of rotatable bonds is 36. The normalized spacial score (nSPS) is 11.2. The summed E-state index contributed by atoms with van der Waals surface area (Å²) in [6.07, 6.45) is 43.6. The molecule has 0 aromatic heterocycles. The van der Waals surface area contributed by atoms with Crippen LogP contribution in [0.3, 0.4) is 0 Å². The van der Waals surface area contributed by atoms with E-state index in [-0.39, 0.29) is 16.8 Å². The molecule has 0 N–H and O–H groups in total. The van der Waals surface area contributed by atoms with Gasteiger partial charge in [0.2, 0.25) is 0 Å². The quantitative estimate of drug-likeness (QED) is 0.0503. The molecular formula is C36H74CoO3P+4. The van der Waals surface area contributed by atoms with E-state index in [0.717, 1.165) is 12.8 Å². The SMILES string of the molecule is CCCCCCCCCCCCCCCCCCO[P+](=O)OCCCCCCCCCCCCCCCCCC.[Co+3]. The molecule has 0 spiro atoms. The van der Waals surface area contributed by atoms with Gasteiger partial charge in [-0.15, -0.1) is 9.05 Å². The molecule has 0 rings (SSSR count). The molecule has 0 aromatic rings. The van der Waals surface area contributed by atoms with Crippen LogP contribution in [0.2, 0.25) is 0 Å². The molecule has 246 valence electrons. The predicted molar refractivity (Wildman–Crippen MR) is 179 cm³/mol. The second kappa shape index (κ2) is 40.5. The molecular weight excluding hydrogens is 570 g/mol. The first-order chi connectivity index (χ1) is 19.8. The predicted octanol–water partition coefficient (Wildman–Crippen LogP) is 14.2. The zero-order valence-electron chi connectivity index (χ0n) is 28.0. The minimum absolute atomic E-state index is 0. The van der Waals surface area contributed by atoms with Crippen LogP contribution in [0.4, 0.5) is 0 Å². The minimum Gasteiger partial charge on any atom is -0.119 e. The topological polar surface area (TPSA) is 35.5 Å². The van der Waals surface area contributed by atoms with Crippen LogP contribution in [0.15, 0.2) is 0 Å². The van der Waals surface area contributed by atoms with E-state index in [2.05, 4.69) is 13.8 Å². The molecule has 0 heterocycles. The van der Waals surface area contributed by atoms with Crippen molar-refractivity contribution >= 4 is 8.25 Å². The molecule has 0 atom stereocenters. The van der Waals surface area contributed by atoms with E-state index in [1.807, 2.05) is 0 Å². The summed E-state index contributed by atoms with van der Waals surface area (Å²) in [5.41, 5.74) is 0. The van der Waals surface area contributed by atoms with Gasteiger partial charge in [-0.3, -0.25) is 0 Å². The first-order valence-corrected chi connectivity index (χ1v) is 19.6. The summed E-state index contributed by atoms with van der Waals surface area (Å²) in [5.74, 6) is 0. The van der Waals surface area contributed by atoms with Gasteiger partial charge in [-0.2, -0.15) is 0 Å². The number of hydrogen-bond acceptors (Lipinski definition) is 3. The Kier molecular flexibility index (Phi) is 43.2. The molecule has 0 radical (unpaired) electrons. The summed E-state index contributed by atoms with van der Waals surface area (Å²) in [4.78, 5) is 0. The van der Waals surface area contributed by atoms with Gasteiger partial charge in [0, 0.05) is 4.57 Å². The zero-order valence-corrected chi connectivity index (χ0v) is 30.0. The van der Waals surface area contributed by atoms with Crippen LogP contribution in [0, 0.1) is 0 Å². The molecule has 3 nitrogen and oxygen atoms in total. The molecule has 0 fully saturated rings. The van der Waals surface area contributed by atoms with Gasteiger partial charge < -0.3 is 0 Å². The van der Waals surface area contributed by atoms with E-state index in [1.165, 1.54) is 193 Å². The van der Waals surface area contributed by atoms with Gasteiger partial charge in [0.25, 0.3) is 0 Å². The van der Waals surface area contributed by atoms with Gasteiger partial charge in [-0.05, 0) is 12.8 Å². The van der Waals surface area contributed by atoms with Crippen molar-refractivity contribution in [1.29, 1.82) is 0 Å². The fourth-order valence-corrected chi connectivity index (χ4v) is 6.25. The molecule has 41 heavy (non-hydrogen) atoms. The maximum Gasteiger partial charge on any atom is 3.00 e. The third-order valence-electron chi connectivity index (χ3n) is 8.39. The molecule has 5 heteroatoms. The van der Waals surface area contributed by atoms with Crippen molar-refractivity contribution in [3.63, 3.8) is 0 Å². The van der Waals surface area contributed by atoms with E-state index >= 15 is 0 Å². The van der Waals surface area contributed by atoms with Crippen molar-refractivity contribution in [3.05, 3.63) is 0 Å². The Bertz CT molecular complexity index is 438. The van der Waals surface area contributed by atoms with Gasteiger partial charge in [0.15, 0.2) is 0 Å². The van der Waals surface area contributed by atoms with Crippen LogP contribution in [0.5, 0.6) is 0 Å². The maximum absolute atomic E-state index is 11.9. The molecule has 0 aliphatic carbocycles. The Hall–Kier alpha value is 0.526. The van der Waals surface area contributed by atoms with Crippen LogP contribution >= 0.6 is 8.25 Å². The van der Waals surface area contributed by atoms with Crippen molar-refractivity contribution in [2.75, 3.05) is 13.2 Å². The summed E-state index contributed by atoms with van der Waals surface area (Å²) in [5, 5.41) is 0. The van der Waals surface area contributed by atoms with Crippen LogP contribution < -0.4 is 0 Å². The van der Waals surface area contributed by atoms with Gasteiger partial charge in [-0.25, -0.2) is 0 Å². The van der Waals surface area contributed by atoms with Crippen LogP contribution in [0.1, 0.15) is 219 Å². The van der Waals surface area contributed by atoms with Gasteiger partial charge in [-0.1, -0.05) is 206 Å². The first-order valence-electron chi connectivity index (χ1n) is 18.5. The Morgan fingerprint density at radius 2 is 0.488 bits per heavy atom. The minimum atomic E-state index is -1.92. The Morgan fingerprint density at radius 1 is 0.317 bits per heavy atom. The number of hydrogen-bond donors (Lipinski definition) is 0. The van der Waals surface area contributed by atoms with Crippen LogP contribution in [0.25, 0.3) is 0 Å². The zero-order chi connectivity index (χ0) is 29.0. The molecule has 0 aromatic carbocycles. The summed E-state index contributed by atoms with van der Waals surface area (Å²) < 4.78 is 22.6. The average molecular weight is 645 g/mol. The van der Waals surface area contributed by atoms with Crippen molar-refractivity contribution in [2.24, 2.45) is 0 Å². The van der Waals surface area contributed by atoms with E-state index in [1.54, 1.807) is 0 Å². The fraction of sp³-hybridized carbons (Fsp3) is 1.00. The third-order valence-corrected chi connectivity index (χ3v) is 9.18. The van der Waals surface area contributed by atoms with Gasteiger partial charge in [0.05, 0.1) is 0 Å².